The van der Waals surface area contributed by atoms with Crippen LogP contribution in [0, 0.1) is 34.7 Å². The van der Waals surface area contributed by atoms with Crippen LogP contribution < -0.4 is 5.32 Å². The Bertz CT molecular complexity index is 1070. The van der Waals surface area contributed by atoms with Gasteiger partial charge in [-0.25, -0.2) is 13.2 Å². The lowest BCUT2D eigenvalue weighted by Gasteiger charge is -2.45. The molecule has 4 rings (SSSR count). The van der Waals surface area contributed by atoms with Crippen molar-refractivity contribution < 1.29 is 32.9 Å². The van der Waals surface area contributed by atoms with E-state index in [2.05, 4.69) is 5.32 Å². The molecule has 1 amide bonds. The topological polar surface area (TPSA) is 78.8 Å². The summed E-state index contributed by atoms with van der Waals surface area (Å²) in [5, 5.41) is 22.4. The third kappa shape index (κ3) is 4.95. The van der Waals surface area contributed by atoms with Crippen molar-refractivity contribution in [2.24, 2.45) is 17.3 Å². The minimum Gasteiger partial charge on any atom is -0.396 e. The lowest BCUT2D eigenvalue weighted by molar-refractivity contribution is -0.0111. The van der Waals surface area contributed by atoms with Gasteiger partial charge in [0.2, 0.25) is 0 Å². The van der Waals surface area contributed by atoms with Crippen molar-refractivity contribution in [3.63, 3.8) is 0 Å². The van der Waals surface area contributed by atoms with Gasteiger partial charge in [0.1, 0.15) is 0 Å². The summed E-state index contributed by atoms with van der Waals surface area (Å²) in [7, 11) is 0. The lowest BCUT2D eigenvalue weighted by Crippen LogP contribution is -2.46. The second-order valence-electron chi connectivity index (χ2n) is 9.05. The molecule has 5 nitrogen and oxygen atoms in total. The molecule has 0 heterocycles. The number of aliphatic hydroxyl groups excluding tert-OH is 2. The van der Waals surface area contributed by atoms with Crippen LogP contribution in [-0.2, 0) is 4.74 Å². The first-order valence-corrected chi connectivity index (χ1v) is 12.2. The van der Waals surface area contributed by atoms with E-state index >= 15 is 0 Å². The van der Waals surface area contributed by atoms with Gasteiger partial charge in [-0.3, -0.25) is 4.79 Å². The molecule has 2 fully saturated rings. The SMILES string of the molecule is CC(CO)COCC1CC(Sc2cc(C(=O)Nc3cc(F)c(F)c(F)c3)ccc2Cl)C12CC2O. The van der Waals surface area contributed by atoms with Gasteiger partial charge >= 0.3 is 0 Å². The summed E-state index contributed by atoms with van der Waals surface area (Å²) in [6.07, 6.45) is 1.07. The van der Waals surface area contributed by atoms with E-state index in [0.29, 0.717) is 41.7 Å². The molecule has 2 aromatic carbocycles. The van der Waals surface area contributed by atoms with Crippen LogP contribution >= 0.6 is 23.4 Å². The number of amides is 1. The molecule has 5 atom stereocenters. The number of thioether (sulfide) groups is 1. The van der Waals surface area contributed by atoms with Crippen LogP contribution in [0.2, 0.25) is 5.02 Å². The van der Waals surface area contributed by atoms with E-state index < -0.39 is 29.5 Å². The van der Waals surface area contributed by atoms with Gasteiger partial charge in [-0.15, -0.1) is 11.8 Å². The third-order valence-corrected chi connectivity index (χ3v) is 8.55. The Balaban J connectivity index is 1.41. The van der Waals surface area contributed by atoms with Gasteiger partial charge in [0.05, 0.1) is 24.3 Å². The number of halogens is 4. The number of hydrogen-bond donors (Lipinski definition) is 3. The number of ether oxygens (including phenoxy) is 1. The number of benzene rings is 2. The van der Waals surface area contributed by atoms with Crippen LogP contribution in [0.25, 0.3) is 0 Å². The first-order chi connectivity index (χ1) is 16.1. The van der Waals surface area contributed by atoms with E-state index in [1.54, 1.807) is 12.1 Å². The van der Waals surface area contributed by atoms with Crippen molar-refractivity contribution in [3.8, 4) is 0 Å². The Labute approximate surface area is 204 Å². The zero-order chi connectivity index (χ0) is 24.6. The molecular weight excluding hydrogens is 491 g/mol. The molecule has 0 bridgehead atoms. The zero-order valence-corrected chi connectivity index (χ0v) is 19.9. The third-order valence-electron chi connectivity index (χ3n) is 6.60. The molecule has 5 unspecified atom stereocenters. The van der Waals surface area contributed by atoms with Crippen molar-refractivity contribution >= 4 is 35.0 Å². The molecule has 1 spiro atoms. The number of nitrogens with one attached hydrogen (secondary N) is 1. The molecule has 0 saturated heterocycles. The fraction of sp³-hybridized carbons (Fsp3) is 0.458. The van der Waals surface area contributed by atoms with E-state index in [1.807, 2.05) is 6.92 Å². The Hall–Kier alpha value is -1.78. The first kappa shape index (κ1) is 25.3. The molecule has 34 heavy (non-hydrogen) atoms. The molecule has 0 aliphatic heterocycles. The highest BCUT2D eigenvalue weighted by atomic mass is 35.5. The monoisotopic (exact) mass is 515 g/mol. The Morgan fingerprint density at radius 2 is 1.97 bits per heavy atom. The Morgan fingerprint density at radius 3 is 2.59 bits per heavy atom. The van der Waals surface area contributed by atoms with Gasteiger partial charge in [0.15, 0.2) is 17.5 Å². The molecule has 0 radical (unpaired) electrons. The smallest absolute Gasteiger partial charge is 0.255 e. The summed E-state index contributed by atoms with van der Waals surface area (Å²) < 4.78 is 45.8. The minimum absolute atomic E-state index is 0.0564. The second-order valence-corrected chi connectivity index (χ2v) is 10.7. The highest BCUT2D eigenvalue weighted by molar-refractivity contribution is 8.00. The average Bonchev–Trinajstić information content (AvgIpc) is 3.51. The largest absolute Gasteiger partial charge is 0.396 e. The predicted molar refractivity (Wildman–Crippen MR) is 124 cm³/mol. The van der Waals surface area contributed by atoms with Gasteiger partial charge in [0, 0.05) is 51.5 Å². The van der Waals surface area contributed by atoms with Crippen molar-refractivity contribution in [1.29, 1.82) is 0 Å². The minimum atomic E-state index is -1.61. The normalized spacial score (nSPS) is 26.3. The Kier molecular flexibility index (Phi) is 7.50. The number of carbonyl (C=O) groups excluding carboxylic acids is 1. The van der Waals surface area contributed by atoms with Gasteiger partial charge in [-0.2, -0.15) is 0 Å². The molecule has 10 heteroatoms. The van der Waals surface area contributed by atoms with Gasteiger partial charge in [0.25, 0.3) is 5.91 Å². The number of carbonyl (C=O) groups is 1. The maximum atomic E-state index is 13.4. The average molecular weight is 516 g/mol. The van der Waals surface area contributed by atoms with E-state index in [1.165, 1.54) is 17.8 Å². The maximum Gasteiger partial charge on any atom is 0.255 e. The summed E-state index contributed by atoms with van der Waals surface area (Å²) in [6.45, 7) is 2.93. The van der Waals surface area contributed by atoms with Crippen molar-refractivity contribution in [2.75, 3.05) is 25.1 Å². The highest BCUT2D eigenvalue weighted by Crippen LogP contribution is 2.69. The molecular formula is C24H25ClF3NO4S. The van der Waals surface area contributed by atoms with Crippen molar-refractivity contribution in [3.05, 3.63) is 58.4 Å². The number of anilines is 1. The second kappa shape index (κ2) is 10.1. The summed E-state index contributed by atoms with van der Waals surface area (Å²) in [4.78, 5) is 13.3. The standard InChI is InChI=1S/C24H25ClF3NO4S/c1-12(9-30)10-33-11-14-5-21(24(14)8-20(24)31)34-19-4-13(2-3-16(19)25)23(32)29-15-6-17(26)22(28)18(27)7-15/h2-4,6-7,12,14,20-21,30-31H,5,8-11H2,1H3,(H,29,32). The quantitative estimate of drug-likeness (QED) is 0.415. The fourth-order valence-electron chi connectivity index (χ4n) is 4.42. The lowest BCUT2D eigenvalue weighted by atomic mass is 9.69. The van der Waals surface area contributed by atoms with Crippen molar-refractivity contribution in [2.45, 2.75) is 36.0 Å². The predicted octanol–water partition coefficient (Wildman–Crippen LogP) is 4.89. The summed E-state index contributed by atoms with van der Waals surface area (Å²) >= 11 is 7.85. The number of aliphatic hydroxyl groups is 2. The van der Waals surface area contributed by atoms with Gasteiger partial charge < -0.3 is 20.3 Å². The van der Waals surface area contributed by atoms with Crippen LogP contribution in [0.5, 0.6) is 0 Å². The van der Waals surface area contributed by atoms with Gasteiger partial charge in [-0.05, 0) is 37.0 Å². The molecule has 2 aliphatic rings. The first-order valence-electron chi connectivity index (χ1n) is 10.9. The maximum absolute atomic E-state index is 13.4. The van der Waals surface area contributed by atoms with E-state index in [0.717, 1.165) is 6.42 Å². The van der Waals surface area contributed by atoms with Crippen molar-refractivity contribution in [1.82, 2.24) is 0 Å². The van der Waals surface area contributed by atoms with E-state index in [9.17, 15) is 23.1 Å². The fourth-order valence-corrected chi connectivity index (χ4v) is 6.35. The molecule has 0 aromatic heterocycles. The van der Waals surface area contributed by atoms with Crippen LogP contribution in [0.3, 0.4) is 0 Å². The molecule has 3 N–H and O–H groups in total. The zero-order valence-electron chi connectivity index (χ0n) is 18.4. The van der Waals surface area contributed by atoms with E-state index in [-0.39, 0.29) is 40.4 Å². The van der Waals surface area contributed by atoms with Crippen LogP contribution in [0.15, 0.2) is 35.2 Å². The summed E-state index contributed by atoms with van der Waals surface area (Å²) in [6, 6.07) is 6.05. The van der Waals surface area contributed by atoms with Crippen LogP contribution in [0.1, 0.15) is 30.1 Å². The number of hydrogen-bond acceptors (Lipinski definition) is 5. The van der Waals surface area contributed by atoms with E-state index in [4.69, 9.17) is 21.4 Å². The molecule has 2 aliphatic carbocycles. The van der Waals surface area contributed by atoms with Crippen LogP contribution in [0.4, 0.5) is 18.9 Å². The Morgan fingerprint density at radius 1 is 1.29 bits per heavy atom. The van der Waals surface area contributed by atoms with Crippen LogP contribution in [-0.4, -0.2) is 47.3 Å². The molecule has 184 valence electrons. The van der Waals surface area contributed by atoms with Gasteiger partial charge in [-0.1, -0.05) is 18.5 Å². The molecule has 2 aromatic rings. The highest BCUT2D eigenvalue weighted by Gasteiger charge is 2.69. The summed E-state index contributed by atoms with van der Waals surface area (Å²) in [5.74, 6) is -4.76. The molecule has 2 saturated carbocycles. The number of rotatable bonds is 9. The summed E-state index contributed by atoms with van der Waals surface area (Å²) in [5.41, 5.74) is -0.236.